The van der Waals surface area contributed by atoms with E-state index in [4.69, 9.17) is 0 Å². The van der Waals surface area contributed by atoms with Gasteiger partial charge in [0.15, 0.2) is 0 Å². The van der Waals surface area contributed by atoms with E-state index < -0.39 is 11.0 Å². The van der Waals surface area contributed by atoms with Crippen LogP contribution >= 0.6 is 11.3 Å². The van der Waals surface area contributed by atoms with E-state index in [2.05, 4.69) is 10.6 Å². The molecule has 2 N–H and O–H groups in total. The molecule has 2 amide bonds. The van der Waals surface area contributed by atoms with Crippen LogP contribution in [0.25, 0.3) is 0 Å². The van der Waals surface area contributed by atoms with Crippen LogP contribution in [0.3, 0.4) is 0 Å². The standard InChI is InChI=1S/C16H20N4O3S/c1-11-4-5-13(8-14(11)20(22)23)18-16(21)17-9-15(19(2)3)12-6-7-24-10-12/h4-8,10,15H,9H2,1-3H3,(H2,17,18,21)/t15-/m1/s1. The monoisotopic (exact) mass is 348 g/mol. The highest BCUT2D eigenvalue weighted by Crippen LogP contribution is 2.22. The van der Waals surface area contributed by atoms with Crippen LogP contribution in [-0.4, -0.2) is 36.5 Å². The molecule has 0 spiro atoms. The molecule has 0 saturated heterocycles. The molecule has 0 aliphatic rings. The highest BCUT2D eigenvalue weighted by molar-refractivity contribution is 7.07. The van der Waals surface area contributed by atoms with E-state index in [0.29, 0.717) is 17.8 Å². The first kappa shape index (κ1) is 17.9. The first-order chi connectivity index (χ1) is 11.4. The molecule has 0 aliphatic carbocycles. The summed E-state index contributed by atoms with van der Waals surface area (Å²) in [6, 6.07) is 6.31. The molecule has 2 rings (SSSR count). The molecule has 0 bridgehead atoms. The van der Waals surface area contributed by atoms with Gasteiger partial charge in [-0.15, -0.1) is 0 Å². The number of carbonyl (C=O) groups excluding carboxylic acids is 1. The van der Waals surface area contributed by atoms with Gasteiger partial charge in [-0.3, -0.25) is 10.1 Å². The molecule has 1 atom stereocenters. The number of thiophene rings is 1. The number of nitro benzene ring substituents is 1. The van der Waals surface area contributed by atoms with E-state index in [1.54, 1.807) is 30.4 Å². The molecule has 24 heavy (non-hydrogen) atoms. The predicted octanol–water partition coefficient (Wildman–Crippen LogP) is 3.39. The first-order valence-corrected chi connectivity index (χ1v) is 8.31. The number of nitro groups is 1. The molecule has 7 nitrogen and oxygen atoms in total. The smallest absolute Gasteiger partial charge is 0.319 e. The Morgan fingerprint density at radius 2 is 2.12 bits per heavy atom. The Hall–Kier alpha value is -2.45. The molecule has 2 aromatic rings. The number of amides is 2. The average Bonchev–Trinajstić information content (AvgIpc) is 3.03. The summed E-state index contributed by atoms with van der Waals surface area (Å²) in [6.07, 6.45) is 0. The Morgan fingerprint density at radius 1 is 1.38 bits per heavy atom. The van der Waals surface area contributed by atoms with E-state index in [9.17, 15) is 14.9 Å². The summed E-state index contributed by atoms with van der Waals surface area (Å²) < 4.78 is 0. The number of aryl methyl sites for hydroxylation is 1. The van der Waals surface area contributed by atoms with Gasteiger partial charge >= 0.3 is 6.03 Å². The number of urea groups is 1. The van der Waals surface area contributed by atoms with Gasteiger partial charge in [0, 0.05) is 23.9 Å². The van der Waals surface area contributed by atoms with Gasteiger partial charge in [-0.2, -0.15) is 11.3 Å². The second-order valence-corrected chi connectivity index (χ2v) is 6.41. The van der Waals surface area contributed by atoms with E-state index in [-0.39, 0.29) is 11.7 Å². The normalized spacial score (nSPS) is 12.0. The molecule has 1 aromatic heterocycles. The summed E-state index contributed by atoms with van der Waals surface area (Å²) >= 11 is 1.61. The second kappa shape index (κ2) is 7.89. The third-order valence-corrected chi connectivity index (χ3v) is 4.37. The fourth-order valence-electron chi connectivity index (χ4n) is 2.31. The van der Waals surface area contributed by atoms with Gasteiger partial charge in [-0.25, -0.2) is 4.79 Å². The van der Waals surface area contributed by atoms with Crippen LogP contribution in [0, 0.1) is 17.0 Å². The molecule has 0 radical (unpaired) electrons. The van der Waals surface area contributed by atoms with Crippen molar-refractivity contribution in [3.05, 3.63) is 56.3 Å². The fourth-order valence-corrected chi connectivity index (χ4v) is 3.02. The van der Waals surface area contributed by atoms with Gasteiger partial charge in [-0.1, -0.05) is 6.07 Å². The fraction of sp³-hybridized carbons (Fsp3) is 0.312. The van der Waals surface area contributed by atoms with Crippen LogP contribution in [0.2, 0.25) is 0 Å². The predicted molar refractivity (Wildman–Crippen MR) is 95.6 cm³/mol. The van der Waals surface area contributed by atoms with Gasteiger partial charge in [0.25, 0.3) is 5.69 Å². The summed E-state index contributed by atoms with van der Waals surface area (Å²) in [7, 11) is 3.90. The average molecular weight is 348 g/mol. The van der Waals surface area contributed by atoms with Crippen LogP contribution in [0.5, 0.6) is 0 Å². The number of benzene rings is 1. The highest BCUT2D eigenvalue weighted by Gasteiger charge is 2.16. The Balaban J connectivity index is 1.98. The van der Waals surface area contributed by atoms with Crippen molar-refractivity contribution in [1.29, 1.82) is 0 Å². The summed E-state index contributed by atoms with van der Waals surface area (Å²) in [5, 5.41) is 20.4. The Morgan fingerprint density at radius 3 is 2.71 bits per heavy atom. The van der Waals surface area contributed by atoms with Crippen molar-refractivity contribution in [2.75, 3.05) is 26.0 Å². The molecule has 0 aliphatic heterocycles. The largest absolute Gasteiger partial charge is 0.336 e. The van der Waals surface area contributed by atoms with Crippen LogP contribution in [0.1, 0.15) is 17.2 Å². The topological polar surface area (TPSA) is 87.5 Å². The van der Waals surface area contributed by atoms with Crippen LogP contribution in [0.4, 0.5) is 16.2 Å². The van der Waals surface area contributed by atoms with Gasteiger partial charge in [0.1, 0.15) is 0 Å². The SMILES string of the molecule is Cc1ccc(NC(=O)NC[C@H](c2ccsc2)N(C)C)cc1[N+](=O)[O-]. The van der Waals surface area contributed by atoms with Gasteiger partial charge in [0.2, 0.25) is 0 Å². The number of hydrogen-bond donors (Lipinski definition) is 2. The maximum Gasteiger partial charge on any atom is 0.319 e. The Bertz CT molecular complexity index is 716. The van der Waals surface area contributed by atoms with Crippen molar-refractivity contribution in [3.63, 3.8) is 0 Å². The van der Waals surface area contributed by atoms with Gasteiger partial charge in [0.05, 0.1) is 11.0 Å². The minimum Gasteiger partial charge on any atom is -0.336 e. The van der Waals surface area contributed by atoms with Gasteiger partial charge in [-0.05, 0) is 49.5 Å². The van der Waals surface area contributed by atoms with Crippen LogP contribution < -0.4 is 10.6 Å². The zero-order chi connectivity index (χ0) is 17.7. The highest BCUT2D eigenvalue weighted by atomic mass is 32.1. The first-order valence-electron chi connectivity index (χ1n) is 7.37. The number of carbonyl (C=O) groups is 1. The lowest BCUT2D eigenvalue weighted by molar-refractivity contribution is -0.385. The minimum atomic E-state index is -0.461. The minimum absolute atomic E-state index is 0.0164. The molecular weight excluding hydrogens is 328 g/mol. The van der Waals surface area contributed by atoms with Crippen molar-refractivity contribution in [3.8, 4) is 0 Å². The quantitative estimate of drug-likeness (QED) is 0.619. The molecule has 128 valence electrons. The van der Waals surface area contributed by atoms with Crippen LogP contribution in [0.15, 0.2) is 35.0 Å². The molecule has 0 saturated carbocycles. The van der Waals surface area contributed by atoms with E-state index in [1.165, 1.54) is 6.07 Å². The molecule has 8 heteroatoms. The Kier molecular flexibility index (Phi) is 5.88. The zero-order valence-corrected chi connectivity index (χ0v) is 14.6. The van der Waals surface area contributed by atoms with Crippen molar-refractivity contribution in [2.45, 2.75) is 13.0 Å². The Labute approximate surface area is 144 Å². The van der Waals surface area contributed by atoms with E-state index >= 15 is 0 Å². The second-order valence-electron chi connectivity index (χ2n) is 5.63. The number of nitrogens with zero attached hydrogens (tertiary/aromatic N) is 2. The number of rotatable bonds is 6. The number of hydrogen-bond acceptors (Lipinski definition) is 5. The molecule has 0 unspecified atom stereocenters. The molecular formula is C16H20N4O3S. The third kappa shape index (κ3) is 4.53. The summed E-state index contributed by atoms with van der Waals surface area (Å²) in [4.78, 5) is 24.6. The van der Waals surface area contributed by atoms with Crippen molar-refractivity contribution in [2.24, 2.45) is 0 Å². The molecule has 1 heterocycles. The zero-order valence-electron chi connectivity index (χ0n) is 13.8. The maximum atomic E-state index is 12.1. The lowest BCUT2D eigenvalue weighted by Gasteiger charge is -2.24. The van der Waals surface area contributed by atoms with Crippen molar-refractivity contribution < 1.29 is 9.72 Å². The number of anilines is 1. The van der Waals surface area contributed by atoms with Crippen molar-refractivity contribution >= 4 is 28.7 Å². The summed E-state index contributed by atoms with van der Waals surface area (Å²) in [5.74, 6) is 0. The molecule has 1 aromatic carbocycles. The molecule has 0 fully saturated rings. The van der Waals surface area contributed by atoms with Crippen LogP contribution in [-0.2, 0) is 0 Å². The lowest BCUT2D eigenvalue weighted by Crippen LogP contribution is -2.36. The number of likely N-dealkylation sites (N-methyl/N-ethyl adjacent to an activating group) is 1. The van der Waals surface area contributed by atoms with Gasteiger partial charge < -0.3 is 15.5 Å². The summed E-state index contributed by atoms with van der Waals surface area (Å²) in [5.41, 5.74) is 2.06. The van der Waals surface area contributed by atoms with E-state index in [0.717, 1.165) is 5.56 Å². The number of nitrogens with one attached hydrogen (secondary N) is 2. The van der Waals surface area contributed by atoms with E-state index in [1.807, 2.05) is 35.8 Å². The maximum absolute atomic E-state index is 12.1. The summed E-state index contributed by atoms with van der Waals surface area (Å²) in [6.45, 7) is 2.09. The van der Waals surface area contributed by atoms with Crippen molar-refractivity contribution in [1.82, 2.24) is 10.2 Å². The lowest BCUT2D eigenvalue weighted by atomic mass is 10.1. The third-order valence-electron chi connectivity index (χ3n) is 3.67.